The number of hydrogen-bond donors (Lipinski definition) is 1. The fourth-order valence-corrected chi connectivity index (χ4v) is 6.26. The Morgan fingerprint density at radius 1 is 1.06 bits per heavy atom. The summed E-state index contributed by atoms with van der Waals surface area (Å²) in [5, 5.41) is 20.0. The van der Waals surface area contributed by atoms with Crippen molar-refractivity contribution in [3.8, 4) is 22.8 Å². The van der Waals surface area contributed by atoms with Gasteiger partial charge in [0.2, 0.25) is 5.95 Å². The molecule has 1 aromatic carbocycles. The van der Waals surface area contributed by atoms with Gasteiger partial charge in [0, 0.05) is 50.6 Å². The van der Waals surface area contributed by atoms with Gasteiger partial charge in [0.15, 0.2) is 0 Å². The van der Waals surface area contributed by atoms with E-state index >= 15 is 0 Å². The number of nitrogens with one attached hydrogen (secondary N) is 1. The van der Waals surface area contributed by atoms with Crippen LogP contribution in [0.25, 0.3) is 11.1 Å². The number of tetrazole rings is 1. The van der Waals surface area contributed by atoms with Crippen LogP contribution in [0.4, 0.5) is 11.6 Å². The Bertz CT molecular complexity index is 1590. The minimum atomic E-state index is -0.299. The minimum absolute atomic E-state index is 0.207. The summed E-state index contributed by atoms with van der Waals surface area (Å²) in [4.78, 5) is 11.8. The average Bonchev–Trinajstić information content (AvgIpc) is 3.76. The average molecular weight is 681 g/mol. The monoisotopic (exact) mass is 680 g/mol. The maximum absolute atomic E-state index is 6.46. The van der Waals surface area contributed by atoms with Gasteiger partial charge in [-0.05, 0) is 74.6 Å². The van der Waals surface area contributed by atoms with Crippen molar-refractivity contribution in [1.29, 1.82) is 0 Å². The third kappa shape index (κ3) is 8.78. The fraction of sp³-hybridized carbons (Fsp3) is 0.576. The molecule has 0 bridgehead atoms. The first-order valence-corrected chi connectivity index (χ1v) is 17.0. The second-order valence-electron chi connectivity index (χ2n) is 13.0. The number of aromatic nitrogens is 8. The van der Waals surface area contributed by atoms with E-state index in [0.717, 1.165) is 75.2 Å². The number of rotatable bonds is 14. The number of hydrogen-bond acceptors (Lipinski definition) is 12. The van der Waals surface area contributed by atoms with Crippen LogP contribution >= 0.6 is 11.6 Å². The summed E-state index contributed by atoms with van der Waals surface area (Å²) in [6.45, 7) is 10.7. The van der Waals surface area contributed by atoms with E-state index in [2.05, 4.69) is 40.4 Å². The highest BCUT2D eigenvalue weighted by atomic mass is 35.5. The van der Waals surface area contributed by atoms with E-state index < -0.39 is 0 Å². The summed E-state index contributed by atoms with van der Waals surface area (Å²) in [6, 6.07) is 6.52. The summed E-state index contributed by atoms with van der Waals surface area (Å²) in [7, 11) is 1.72. The van der Waals surface area contributed by atoms with Crippen LogP contribution in [-0.2, 0) is 16.0 Å². The maximum atomic E-state index is 6.46. The first-order valence-electron chi connectivity index (χ1n) is 16.6. The number of morpholine rings is 1. The Kier molecular flexibility index (Phi) is 11.0. The van der Waals surface area contributed by atoms with E-state index in [4.69, 9.17) is 35.6 Å². The number of anilines is 2. The van der Waals surface area contributed by atoms with Gasteiger partial charge in [-0.25, -0.2) is 14.6 Å². The van der Waals surface area contributed by atoms with Crippen LogP contribution in [0.15, 0.2) is 43.1 Å². The molecule has 0 amide bonds. The molecule has 0 unspecified atom stereocenters. The molecule has 258 valence electrons. The summed E-state index contributed by atoms with van der Waals surface area (Å²) in [5.74, 6) is 1.53. The Morgan fingerprint density at radius 3 is 2.52 bits per heavy atom. The van der Waals surface area contributed by atoms with E-state index in [1.54, 1.807) is 36.6 Å². The zero-order valence-corrected chi connectivity index (χ0v) is 28.8. The summed E-state index contributed by atoms with van der Waals surface area (Å²) in [5.41, 5.74) is 2.13. The van der Waals surface area contributed by atoms with Crippen molar-refractivity contribution in [3.05, 3.63) is 48.1 Å². The lowest BCUT2D eigenvalue weighted by atomic mass is 9.90. The van der Waals surface area contributed by atoms with Crippen LogP contribution in [-0.4, -0.2) is 103 Å². The molecule has 6 rings (SSSR count). The van der Waals surface area contributed by atoms with Gasteiger partial charge in [-0.2, -0.15) is 0 Å². The SMILES string of the molecule is COC(C)(C)CCOc1nn([C@H]2CC[C@H](N3CCOCC3)CC2)cc1Nc1ncc(-c2ccc(Cl)c(O[C@@H](C)Cn3cnnn3)c2)cn1. The largest absolute Gasteiger partial charge is 0.487 e. The first-order chi connectivity index (χ1) is 23.3. The number of methoxy groups -OCH3 is 1. The molecular weight excluding hydrogens is 636 g/mol. The highest BCUT2D eigenvalue weighted by Crippen LogP contribution is 2.35. The Labute approximate surface area is 286 Å². The topological polar surface area (TPSA) is 139 Å². The molecule has 1 aliphatic carbocycles. The van der Waals surface area contributed by atoms with Crippen LogP contribution in [0.1, 0.15) is 58.9 Å². The summed E-state index contributed by atoms with van der Waals surface area (Å²) in [6.07, 6.45) is 12.0. The molecule has 1 N–H and O–H groups in total. The molecule has 3 aromatic heterocycles. The maximum Gasteiger partial charge on any atom is 0.256 e. The smallest absolute Gasteiger partial charge is 0.256 e. The van der Waals surface area contributed by atoms with Crippen molar-refractivity contribution < 1.29 is 18.9 Å². The van der Waals surface area contributed by atoms with Gasteiger partial charge < -0.3 is 24.3 Å². The van der Waals surface area contributed by atoms with E-state index in [-0.39, 0.29) is 11.7 Å². The highest BCUT2D eigenvalue weighted by Gasteiger charge is 2.29. The Morgan fingerprint density at radius 2 is 1.81 bits per heavy atom. The predicted octanol–water partition coefficient (Wildman–Crippen LogP) is 5.20. The van der Waals surface area contributed by atoms with Crippen LogP contribution in [0, 0.1) is 0 Å². The highest BCUT2D eigenvalue weighted by molar-refractivity contribution is 6.32. The molecule has 15 heteroatoms. The van der Waals surface area contributed by atoms with Gasteiger partial charge in [-0.3, -0.25) is 9.58 Å². The lowest BCUT2D eigenvalue weighted by molar-refractivity contribution is 0.00409. The zero-order valence-electron chi connectivity index (χ0n) is 28.1. The second kappa shape index (κ2) is 15.6. The zero-order chi connectivity index (χ0) is 33.5. The van der Waals surface area contributed by atoms with Crippen molar-refractivity contribution in [3.63, 3.8) is 0 Å². The van der Waals surface area contributed by atoms with Gasteiger partial charge in [-0.1, -0.05) is 17.7 Å². The van der Waals surface area contributed by atoms with E-state index in [1.807, 2.05) is 39.1 Å². The van der Waals surface area contributed by atoms with Crippen molar-refractivity contribution in [2.24, 2.45) is 0 Å². The van der Waals surface area contributed by atoms with Crippen LogP contribution in [0.3, 0.4) is 0 Å². The molecule has 4 heterocycles. The van der Waals surface area contributed by atoms with Gasteiger partial charge >= 0.3 is 0 Å². The van der Waals surface area contributed by atoms with Crippen LogP contribution < -0.4 is 14.8 Å². The third-order valence-corrected chi connectivity index (χ3v) is 9.43. The van der Waals surface area contributed by atoms with Gasteiger partial charge in [0.1, 0.15) is 23.9 Å². The molecule has 1 saturated heterocycles. The first kappa shape index (κ1) is 34.0. The number of halogens is 1. The molecule has 1 atom stereocenters. The van der Waals surface area contributed by atoms with E-state index in [0.29, 0.717) is 47.8 Å². The van der Waals surface area contributed by atoms with Gasteiger partial charge in [0.25, 0.3) is 5.88 Å². The summed E-state index contributed by atoms with van der Waals surface area (Å²) < 4.78 is 27.1. The molecular formula is C33H45ClN10O4. The van der Waals surface area contributed by atoms with Crippen LogP contribution in [0.5, 0.6) is 11.6 Å². The molecule has 0 spiro atoms. The fourth-order valence-electron chi connectivity index (χ4n) is 6.10. The number of nitrogens with zero attached hydrogens (tertiary/aromatic N) is 9. The third-order valence-electron chi connectivity index (χ3n) is 9.12. The van der Waals surface area contributed by atoms with Crippen LogP contribution in [0.2, 0.25) is 5.02 Å². The standard InChI is InChI=1S/C33H45ClN10O4/c1-23(20-43-22-37-40-41-43)48-30-17-24(5-10-28(30)34)25-18-35-32(36-19-25)38-29-21-44(39-31(29)47-14-11-33(2,3)45-4)27-8-6-26(7-9-27)42-12-15-46-16-13-42/h5,10,17-19,21-23,26-27H,6-9,11-16,20H2,1-4H3,(H,35,36,38)/t23-,26-,27-/m0/s1. The predicted molar refractivity (Wildman–Crippen MR) is 181 cm³/mol. The minimum Gasteiger partial charge on any atom is -0.487 e. The Balaban J connectivity index is 1.13. The molecule has 2 aliphatic rings. The van der Waals surface area contributed by atoms with E-state index in [9.17, 15) is 0 Å². The molecule has 14 nitrogen and oxygen atoms in total. The second-order valence-corrected chi connectivity index (χ2v) is 13.4. The van der Waals surface area contributed by atoms with Crippen molar-refractivity contribution in [2.75, 3.05) is 45.3 Å². The van der Waals surface area contributed by atoms with Gasteiger partial charge in [-0.15, -0.1) is 10.2 Å². The van der Waals surface area contributed by atoms with Crippen molar-refractivity contribution in [1.82, 2.24) is 44.9 Å². The molecule has 1 saturated carbocycles. The van der Waals surface area contributed by atoms with Gasteiger partial charge in [0.05, 0.1) is 49.2 Å². The van der Waals surface area contributed by atoms with Crippen molar-refractivity contribution in [2.45, 2.75) is 83.2 Å². The number of ether oxygens (including phenoxy) is 4. The quantitative estimate of drug-likeness (QED) is 0.187. The normalized spacial score (nSPS) is 19.6. The summed E-state index contributed by atoms with van der Waals surface area (Å²) >= 11 is 6.46. The number of benzene rings is 1. The lowest BCUT2D eigenvalue weighted by Gasteiger charge is -2.38. The lowest BCUT2D eigenvalue weighted by Crippen LogP contribution is -2.45. The van der Waals surface area contributed by atoms with Crippen molar-refractivity contribution >= 4 is 23.2 Å². The molecule has 2 fully saturated rings. The molecule has 1 aliphatic heterocycles. The van der Waals surface area contributed by atoms with E-state index in [1.165, 1.54) is 0 Å². The molecule has 48 heavy (non-hydrogen) atoms. The molecule has 4 aromatic rings. The Hall–Kier alpha value is -3.85. The molecule has 0 radical (unpaired) electrons.